The first-order chi connectivity index (χ1) is 12.2. The lowest BCUT2D eigenvalue weighted by Crippen LogP contribution is -2.36. The highest BCUT2D eigenvalue weighted by Gasteiger charge is 2.17. The number of carbonyl (C=O) groups excluding carboxylic acids is 1. The number of ether oxygens (including phenoxy) is 1. The van der Waals surface area contributed by atoms with Crippen LogP contribution in [0.25, 0.3) is 0 Å². The Bertz CT molecular complexity index is 715. The molecule has 2 aromatic rings. The maximum atomic E-state index is 12.7. The van der Waals surface area contributed by atoms with E-state index >= 15 is 0 Å². The minimum atomic E-state index is -0.00490. The topological polar surface area (TPSA) is 45.7 Å². The quantitative estimate of drug-likeness (QED) is 0.770. The van der Waals surface area contributed by atoms with Gasteiger partial charge < -0.3 is 14.5 Å². The van der Waals surface area contributed by atoms with Crippen LogP contribution in [0.3, 0.4) is 0 Å². The van der Waals surface area contributed by atoms with Crippen LogP contribution in [0.4, 0.5) is 5.69 Å². The molecule has 0 spiro atoms. The molecule has 1 amide bonds. The second-order valence-electron chi connectivity index (χ2n) is 5.99. The van der Waals surface area contributed by atoms with Crippen molar-refractivity contribution in [1.82, 2.24) is 9.88 Å². The van der Waals surface area contributed by atoms with Crippen LogP contribution in [0.15, 0.2) is 47.6 Å². The number of morpholine rings is 1. The highest BCUT2D eigenvalue weighted by atomic mass is 32.2. The molecular weight excluding hydrogens is 334 g/mol. The summed E-state index contributed by atoms with van der Waals surface area (Å²) >= 11 is 1.49. The van der Waals surface area contributed by atoms with Crippen LogP contribution in [0.1, 0.15) is 15.9 Å². The lowest BCUT2D eigenvalue weighted by atomic mass is 10.1. The van der Waals surface area contributed by atoms with E-state index in [1.54, 1.807) is 17.2 Å². The van der Waals surface area contributed by atoms with Crippen molar-refractivity contribution in [2.75, 3.05) is 44.5 Å². The minimum Gasteiger partial charge on any atom is -0.378 e. The molecule has 0 radical (unpaired) electrons. The highest BCUT2D eigenvalue weighted by molar-refractivity contribution is 7.98. The van der Waals surface area contributed by atoms with Crippen LogP contribution in [0.2, 0.25) is 0 Å². The molecule has 1 fully saturated rings. The number of anilines is 1. The van der Waals surface area contributed by atoms with E-state index in [-0.39, 0.29) is 5.91 Å². The molecule has 3 rings (SSSR count). The summed E-state index contributed by atoms with van der Waals surface area (Å²) in [4.78, 5) is 21.0. The zero-order chi connectivity index (χ0) is 17.6. The van der Waals surface area contributed by atoms with E-state index in [1.807, 2.05) is 19.4 Å². The molecule has 1 aromatic carbocycles. The molecule has 6 heteroatoms. The lowest BCUT2D eigenvalue weighted by Gasteiger charge is -2.29. The van der Waals surface area contributed by atoms with Crippen LogP contribution in [0, 0.1) is 0 Å². The number of aromatic nitrogens is 1. The monoisotopic (exact) mass is 357 g/mol. The fraction of sp³-hybridized carbons (Fsp3) is 0.368. The van der Waals surface area contributed by atoms with Gasteiger partial charge in [-0.1, -0.05) is 12.1 Å². The van der Waals surface area contributed by atoms with Gasteiger partial charge in [-0.2, -0.15) is 0 Å². The molecule has 1 aliphatic rings. The zero-order valence-corrected chi connectivity index (χ0v) is 15.5. The number of pyridine rings is 1. The zero-order valence-electron chi connectivity index (χ0n) is 14.6. The summed E-state index contributed by atoms with van der Waals surface area (Å²) in [5, 5.41) is 0.766. The number of carbonyl (C=O) groups is 1. The van der Waals surface area contributed by atoms with E-state index in [1.165, 1.54) is 17.4 Å². The average molecular weight is 357 g/mol. The molecule has 132 valence electrons. The Labute approximate surface area is 153 Å². The molecule has 25 heavy (non-hydrogen) atoms. The first-order valence-electron chi connectivity index (χ1n) is 8.35. The number of rotatable bonds is 5. The van der Waals surface area contributed by atoms with E-state index < -0.39 is 0 Å². The van der Waals surface area contributed by atoms with Gasteiger partial charge in [0.05, 0.1) is 18.8 Å². The summed E-state index contributed by atoms with van der Waals surface area (Å²) in [6.45, 7) is 3.99. The van der Waals surface area contributed by atoms with Crippen molar-refractivity contribution in [3.05, 3.63) is 53.7 Å². The van der Waals surface area contributed by atoms with Crippen LogP contribution >= 0.6 is 11.8 Å². The summed E-state index contributed by atoms with van der Waals surface area (Å²) in [6, 6.07) is 12.1. The van der Waals surface area contributed by atoms with Crippen molar-refractivity contribution in [2.45, 2.75) is 11.6 Å². The van der Waals surface area contributed by atoms with Crippen LogP contribution in [0.5, 0.6) is 0 Å². The van der Waals surface area contributed by atoms with Gasteiger partial charge in [0.2, 0.25) is 0 Å². The second-order valence-corrected chi connectivity index (χ2v) is 6.78. The van der Waals surface area contributed by atoms with Gasteiger partial charge in [-0.25, -0.2) is 4.98 Å². The van der Waals surface area contributed by atoms with Crippen LogP contribution < -0.4 is 4.90 Å². The minimum absolute atomic E-state index is 0.00490. The summed E-state index contributed by atoms with van der Waals surface area (Å²) in [6.07, 6.45) is 3.65. The Morgan fingerprint density at radius 2 is 1.96 bits per heavy atom. The van der Waals surface area contributed by atoms with Gasteiger partial charge >= 0.3 is 0 Å². The average Bonchev–Trinajstić information content (AvgIpc) is 2.68. The summed E-state index contributed by atoms with van der Waals surface area (Å²) in [7, 11) is 1.83. The van der Waals surface area contributed by atoms with E-state index in [4.69, 9.17) is 4.74 Å². The first-order valence-corrected chi connectivity index (χ1v) is 9.57. The van der Waals surface area contributed by atoms with Crippen molar-refractivity contribution in [1.29, 1.82) is 0 Å². The van der Waals surface area contributed by atoms with Crippen LogP contribution in [-0.2, 0) is 11.3 Å². The molecule has 1 aromatic heterocycles. The van der Waals surface area contributed by atoms with Gasteiger partial charge in [0.15, 0.2) is 0 Å². The van der Waals surface area contributed by atoms with Crippen molar-refractivity contribution >= 4 is 23.4 Å². The highest BCUT2D eigenvalue weighted by Crippen LogP contribution is 2.20. The molecule has 1 saturated heterocycles. The van der Waals surface area contributed by atoms with Gasteiger partial charge in [0, 0.05) is 38.6 Å². The van der Waals surface area contributed by atoms with Gasteiger partial charge in [0.25, 0.3) is 5.91 Å². The number of benzene rings is 1. The Kier molecular flexibility index (Phi) is 5.94. The smallest absolute Gasteiger partial charge is 0.256 e. The van der Waals surface area contributed by atoms with Crippen molar-refractivity contribution in [2.24, 2.45) is 0 Å². The largest absolute Gasteiger partial charge is 0.378 e. The third kappa shape index (κ3) is 4.32. The van der Waals surface area contributed by atoms with Crippen molar-refractivity contribution < 1.29 is 9.53 Å². The Balaban J connectivity index is 1.66. The molecule has 0 N–H and O–H groups in total. The maximum absolute atomic E-state index is 12.7. The molecule has 0 bridgehead atoms. The maximum Gasteiger partial charge on any atom is 0.256 e. The molecule has 5 nitrogen and oxygen atoms in total. The summed E-state index contributed by atoms with van der Waals surface area (Å²) in [5.74, 6) is -0.00490. The molecule has 2 heterocycles. The predicted octanol–water partition coefficient (Wildman–Crippen LogP) is 2.91. The molecule has 1 aliphatic heterocycles. The number of thioether (sulfide) groups is 1. The normalized spacial score (nSPS) is 14.4. The Hall–Kier alpha value is -2.05. The van der Waals surface area contributed by atoms with Gasteiger partial charge in [0.1, 0.15) is 5.03 Å². The fourth-order valence-corrected chi connectivity index (χ4v) is 3.44. The van der Waals surface area contributed by atoms with Gasteiger partial charge in [-0.3, -0.25) is 4.79 Å². The van der Waals surface area contributed by atoms with E-state index in [0.29, 0.717) is 12.1 Å². The Morgan fingerprint density at radius 1 is 1.24 bits per heavy atom. The number of nitrogens with zero attached hydrogens (tertiary/aromatic N) is 3. The molecule has 0 aliphatic carbocycles. The second kappa shape index (κ2) is 8.36. The summed E-state index contributed by atoms with van der Waals surface area (Å²) in [5.41, 5.74) is 2.97. The van der Waals surface area contributed by atoms with Crippen LogP contribution in [-0.4, -0.2) is 55.4 Å². The molecule has 0 unspecified atom stereocenters. The third-order valence-electron chi connectivity index (χ3n) is 4.27. The standard InChI is InChI=1S/C19H23N3O2S/c1-21(19(23)17-4-3-9-20-18(17)25-2)14-15-5-7-16(8-6-15)22-10-12-24-13-11-22/h3-9H,10-14H2,1-2H3. The van der Waals surface area contributed by atoms with E-state index in [9.17, 15) is 4.79 Å². The van der Waals surface area contributed by atoms with Gasteiger partial charge in [-0.15, -0.1) is 11.8 Å². The lowest BCUT2D eigenvalue weighted by molar-refractivity contribution is 0.0781. The molecule has 0 saturated carbocycles. The third-order valence-corrected chi connectivity index (χ3v) is 4.99. The van der Waals surface area contributed by atoms with Crippen molar-refractivity contribution in [3.63, 3.8) is 0 Å². The fourth-order valence-electron chi connectivity index (χ4n) is 2.90. The molecular formula is C19H23N3O2S. The number of hydrogen-bond acceptors (Lipinski definition) is 5. The predicted molar refractivity (Wildman–Crippen MR) is 101 cm³/mol. The van der Waals surface area contributed by atoms with Gasteiger partial charge in [-0.05, 0) is 36.1 Å². The number of hydrogen-bond donors (Lipinski definition) is 0. The van der Waals surface area contributed by atoms with E-state index in [0.717, 1.165) is 36.9 Å². The summed E-state index contributed by atoms with van der Waals surface area (Å²) < 4.78 is 5.39. The van der Waals surface area contributed by atoms with Crippen molar-refractivity contribution in [3.8, 4) is 0 Å². The number of amides is 1. The van der Waals surface area contributed by atoms with E-state index in [2.05, 4.69) is 34.1 Å². The molecule has 0 atom stereocenters. The Morgan fingerprint density at radius 3 is 2.64 bits per heavy atom. The first kappa shape index (κ1) is 17.8. The SMILES string of the molecule is CSc1ncccc1C(=O)N(C)Cc1ccc(N2CCOCC2)cc1.